The second-order valence-corrected chi connectivity index (χ2v) is 7.46. The van der Waals surface area contributed by atoms with Crippen molar-refractivity contribution in [1.82, 2.24) is 25.2 Å². The van der Waals surface area contributed by atoms with E-state index >= 15 is 0 Å². The van der Waals surface area contributed by atoms with E-state index in [2.05, 4.69) is 57.2 Å². The number of pyridine rings is 1. The fourth-order valence-electron chi connectivity index (χ4n) is 2.63. The number of hydrogen-bond donors (Lipinski definition) is 2. The predicted octanol–water partition coefficient (Wildman–Crippen LogP) is 2.48. The minimum absolute atomic E-state index is 0.0645. The smallest absolute Gasteiger partial charge is 0.191 e. The first-order valence-electron chi connectivity index (χ1n) is 8.37. The molecule has 3 aromatic heterocycles. The normalized spacial score (nSPS) is 12.5. The van der Waals surface area contributed by atoms with E-state index < -0.39 is 0 Å². The number of hydrogen-bond acceptors (Lipinski definition) is 4. The molecular formula is C18H24N6S. The van der Waals surface area contributed by atoms with E-state index in [0.717, 1.165) is 36.9 Å². The molecule has 0 saturated heterocycles. The van der Waals surface area contributed by atoms with Crippen LogP contribution in [-0.2, 0) is 11.8 Å². The van der Waals surface area contributed by atoms with E-state index in [0.29, 0.717) is 0 Å². The zero-order valence-corrected chi connectivity index (χ0v) is 15.7. The lowest BCUT2D eigenvalue weighted by atomic mass is 9.91. The maximum atomic E-state index is 4.31. The van der Waals surface area contributed by atoms with Gasteiger partial charge in [-0.1, -0.05) is 26.0 Å². The van der Waals surface area contributed by atoms with Crippen LogP contribution in [0.5, 0.6) is 0 Å². The Balaban J connectivity index is 1.51. The van der Waals surface area contributed by atoms with Crippen LogP contribution < -0.4 is 10.6 Å². The fraction of sp³-hybridized carbons (Fsp3) is 0.389. The number of fused-ring (bicyclic) bond motifs is 1. The SMILES string of the molecule is CN=C(NCCc1nnc2ccccn12)NCC(C)(C)c1cccs1. The second-order valence-electron chi connectivity index (χ2n) is 6.51. The summed E-state index contributed by atoms with van der Waals surface area (Å²) in [6.07, 6.45) is 2.77. The summed E-state index contributed by atoms with van der Waals surface area (Å²) in [5.41, 5.74) is 0.937. The molecular weight excluding hydrogens is 332 g/mol. The van der Waals surface area contributed by atoms with Gasteiger partial charge in [-0.05, 0) is 23.6 Å². The highest BCUT2D eigenvalue weighted by Gasteiger charge is 2.21. The van der Waals surface area contributed by atoms with Crippen LogP contribution in [0.1, 0.15) is 24.5 Å². The third-order valence-electron chi connectivity index (χ3n) is 4.13. The van der Waals surface area contributed by atoms with Crippen molar-refractivity contribution in [2.45, 2.75) is 25.7 Å². The van der Waals surface area contributed by atoms with Crippen LogP contribution in [-0.4, -0.2) is 40.7 Å². The topological polar surface area (TPSA) is 66.6 Å². The Kier molecular flexibility index (Phi) is 5.33. The van der Waals surface area contributed by atoms with Gasteiger partial charge in [0.2, 0.25) is 0 Å². The summed E-state index contributed by atoms with van der Waals surface area (Å²) in [5, 5.41) is 17.3. The van der Waals surface area contributed by atoms with Gasteiger partial charge in [0.05, 0.1) is 0 Å². The minimum atomic E-state index is 0.0645. The average Bonchev–Trinajstić information content (AvgIpc) is 3.28. The number of thiophene rings is 1. The largest absolute Gasteiger partial charge is 0.356 e. The lowest BCUT2D eigenvalue weighted by Crippen LogP contribution is -2.43. The van der Waals surface area contributed by atoms with Gasteiger partial charge in [0.25, 0.3) is 0 Å². The Bertz CT molecular complexity index is 834. The Morgan fingerprint density at radius 1 is 1.20 bits per heavy atom. The van der Waals surface area contributed by atoms with Crippen molar-refractivity contribution >= 4 is 22.9 Å². The number of guanidine groups is 1. The highest BCUT2D eigenvalue weighted by atomic mass is 32.1. The lowest BCUT2D eigenvalue weighted by Gasteiger charge is -2.25. The molecule has 2 N–H and O–H groups in total. The number of nitrogens with one attached hydrogen (secondary N) is 2. The van der Waals surface area contributed by atoms with Gasteiger partial charge in [0, 0.05) is 43.0 Å². The van der Waals surface area contributed by atoms with Crippen LogP contribution in [0.25, 0.3) is 5.65 Å². The third-order valence-corrected chi connectivity index (χ3v) is 5.37. The fourth-order valence-corrected chi connectivity index (χ4v) is 3.48. The molecule has 0 amide bonds. The number of nitrogens with zero attached hydrogens (tertiary/aromatic N) is 4. The van der Waals surface area contributed by atoms with Gasteiger partial charge in [-0.2, -0.15) is 0 Å². The maximum absolute atomic E-state index is 4.31. The summed E-state index contributed by atoms with van der Waals surface area (Å²) >= 11 is 1.79. The Morgan fingerprint density at radius 2 is 2.08 bits per heavy atom. The minimum Gasteiger partial charge on any atom is -0.356 e. The number of aliphatic imine (C=N–C) groups is 1. The molecule has 0 aliphatic rings. The van der Waals surface area contributed by atoms with Crippen molar-refractivity contribution in [3.8, 4) is 0 Å². The molecule has 0 radical (unpaired) electrons. The van der Waals surface area contributed by atoms with E-state index in [1.807, 2.05) is 28.8 Å². The van der Waals surface area contributed by atoms with Crippen LogP contribution in [0.4, 0.5) is 0 Å². The monoisotopic (exact) mass is 356 g/mol. The average molecular weight is 356 g/mol. The first kappa shape index (κ1) is 17.4. The summed E-state index contributed by atoms with van der Waals surface area (Å²) in [5.74, 6) is 1.75. The molecule has 0 saturated carbocycles. The molecule has 0 unspecified atom stereocenters. The van der Waals surface area contributed by atoms with Crippen molar-refractivity contribution in [3.63, 3.8) is 0 Å². The van der Waals surface area contributed by atoms with Crippen LogP contribution in [0.15, 0.2) is 46.9 Å². The molecule has 0 bridgehead atoms. The summed E-state index contributed by atoms with van der Waals surface area (Å²) < 4.78 is 2.01. The maximum Gasteiger partial charge on any atom is 0.191 e. The van der Waals surface area contributed by atoms with E-state index in [1.54, 1.807) is 18.4 Å². The van der Waals surface area contributed by atoms with Crippen molar-refractivity contribution in [1.29, 1.82) is 0 Å². The van der Waals surface area contributed by atoms with E-state index in [9.17, 15) is 0 Å². The van der Waals surface area contributed by atoms with Gasteiger partial charge >= 0.3 is 0 Å². The molecule has 3 heterocycles. The summed E-state index contributed by atoms with van der Waals surface area (Å²) in [6.45, 7) is 6.04. The van der Waals surface area contributed by atoms with Crippen LogP contribution >= 0.6 is 11.3 Å². The summed E-state index contributed by atoms with van der Waals surface area (Å²) in [6, 6.07) is 10.2. The molecule has 3 rings (SSSR count). The van der Waals surface area contributed by atoms with Crippen LogP contribution in [0.3, 0.4) is 0 Å². The molecule has 6 nitrogen and oxygen atoms in total. The number of aromatic nitrogens is 3. The Hall–Kier alpha value is -2.41. The van der Waals surface area contributed by atoms with Gasteiger partial charge in [-0.3, -0.25) is 9.39 Å². The molecule has 0 atom stereocenters. The zero-order valence-electron chi connectivity index (χ0n) is 14.9. The highest BCUT2D eigenvalue weighted by molar-refractivity contribution is 7.10. The molecule has 0 aromatic carbocycles. The molecule has 0 spiro atoms. The second kappa shape index (κ2) is 7.65. The molecule has 0 aliphatic heterocycles. The molecule has 132 valence electrons. The molecule has 0 aliphatic carbocycles. The van der Waals surface area contributed by atoms with Gasteiger partial charge in [-0.25, -0.2) is 0 Å². The molecule has 0 fully saturated rings. The summed E-state index contributed by atoms with van der Waals surface area (Å²) in [4.78, 5) is 5.67. The molecule has 3 aromatic rings. The van der Waals surface area contributed by atoms with Gasteiger partial charge in [0.15, 0.2) is 11.6 Å². The first-order valence-corrected chi connectivity index (χ1v) is 9.25. The van der Waals surface area contributed by atoms with Gasteiger partial charge in [0.1, 0.15) is 5.82 Å². The molecule has 25 heavy (non-hydrogen) atoms. The van der Waals surface area contributed by atoms with Gasteiger partial charge in [-0.15, -0.1) is 21.5 Å². The van der Waals surface area contributed by atoms with E-state index in [4.69, 9.17) is 0 Å². The Labute approximate surface area is 152 Å². The van der Waals surface area contributed by atoms with Gasteiger partial charge < -0.3 is 10.6 Å². The zero-order chi connectivity index (χ0) is 17.7. The highest BCUT2D eigenvalue weighted by Crippen LogP contribution is 2.26. The lowest BCUT2D eigenvalue weighted by molar-refractivity contribution is 0.518. The summed E-state index contributed by atoms with van der Waals surface area (Å²) in [7, 11) is 1.79. The molecule has 7 heteroatoms. The Morgan fingerprint density at radius 3 is 2.84 bits per heavy atom. The third kappa shape index (κ3) is 4.17. The van der Waals surface area contributed by atoms with Crippen molar-refractivity contribution in [2.75, 3.05) is 20.1 Å². The van der Waals surface area contributed by atoms with Crippen molar-refractivity contribution < 1.29 is 0 Å². The predicted molar refractivity (Wildman–Crippen MR) is 103 cm³/mol. The van der Waals surface area contributed by atoms with Crippen molar-refractivity contribution in [3.05, 3.63) is 52.6 Å². The van der Waals surface area contributed by atoms with Crippen LogP contribution in [0, 0.1) is 0 Å². The van der Waals surface area contributed by atoms with E-state index in [-0.39, 0.29) is 5.41 Å². The number of rotatable bonds is 6. The van der Waals surface area contributed by atoms with Crippen LogP contribution in [0.2, 0.25) is 0 Å². The van der Waals surface area contributed by atoms with E-state index in [1.165, 1.54) is 4.88 Å². The first-order chi connectivity index (χ1) is 12.1. The van der Waals surface area contributed by atoms with Crippen molar-refractivity contribution in [2.24, 2.45) is 4.99 Å². The quantitative estimate of drug-likeness (QED) is 0.526. The standard InChI is InChI=1S/C18H24N6S/c1-18(2,14-7-6-12-25-14)13-21-17(19-3)20-10-9-16-23-22-15-8-4-5-11-24(15)16/h4-8,11-12H,9-10,13H2,1-3H3,(H2,19,20,21).